The third-order valence-electron chi connectivity index (χ3n) is 3.23. The topological polar surface area (TPSA) is 15.3 Å². The van der Waals surface area contributed by atoms with E-state index in [-0.39, 0.29) is 0 Å². The Morgan fingerprint density at radius 1 is 1.44 bits per heavy atom. The number of allylic oxidation sites excluding steroid dienone is 1. The van der Waals surface area contributed by atoms with Crippen molar-refractivity contribution < 1.29 is 0 Å². The van der Waals surface area contributed by atoms with Crippen molar-refractivity contribution in [2.24, 2.45) is 0 Å². The summed E-state index contributed by atoms with van der Waals surface area (Å²) in [5.41, 5.74) is 1.43. The fourth-order valence-corrected chi connectivity index (χ4v) is 2.17. The van der Waals surface area contributed by atoms with Gasteiger partial charge in [0.15, 0.2) is 0 Å². The molecule has 1 saturated heterocycles. The maximum absolute atomic E-state index is 3.59. The molecule has 94 valence electrons. The van der Waals surface area contributed by atoms with Crippen LogP contribution in [-0.2, 0) is 0 Å². The van der Waals surface area contributed by atoms with Crippen LogP contribution in [0.5, 0.6) is 0 Å². The SMILES string of the molecule is CCCCN(CC=C(C)C)CC1CCCN1. The Kier molecular flexibility index (Phi) is 6.74. The minimum atomic E-state index is 0.738. The molecule has 1 heterocycles. The van der Waals surface area contributed by atoms with Gasteiger partial charge in [-0.3, -0.25) is 4.90 Å². The van der Waals surface area contributed by atoms with E-state index in [4.69, 9.17) is 0 Å². The number of nitrogens with one attached hydrogen (secondary N) is 1. The molecule has 0 saturated carbocycles. The fraction of sp³-hybridized carbons (Fsp3) is 0.857. The molecule has 1 aliphatic rings. The van der Waals surface area contributed by atoms with Crippen LogP contribution < -0.4 is 5.32 Å². The first-order valence-electron chi connectivity index (χ1n) is 6.81. The molecule has 0 aromatic heterocycles. The lowest BCUT2D eigenvalue weighted by atomic mass is 10.2. The second-order valence-electron chi connectivity index (χ2n) is 5.19. The van der Waals surface area contributed by atoms with E-state index >= 15 is 0 Å². The number of rotatable bonds is 7. The standard InChI is InChI=1S/C14H28N2/c1-4-5-10-16(11-8-13(2)3)12-14-7-6-9-15-14/h8,14-15H,4-7,9-12H2,1-3H3. The molecule has 0 amide bonds. The highest BCUT2D eigenvalue weighted by molar-refractivity contribution is 4.95. The van der Waals surface area contributed by atoms with Crippen molar-refractivity contribution in [3.05, 3.63) is 11.6 Å². The maximum atomic E-state index is 3.59. The Morgan fingerprint density at radius 3 is 2.81 bits per heavy atom. The first-order valence-corrected chi connectivity index (χ1v) is 6.81. The van der Waals surface area contributed by atoms with Crippen LogP contribution >= 0.6 is 0 Å². The number of hydrogen-bond acceptors (Lipinski definition) is 2. The molecular weight excluding hydrogens is 196 g/mol. The summed E-state index contributed by atoms with van der Waals surface area (Å²) in [4.78, 5) is 2.60. The van der Waals surface area contributed by atoms with E-state index in [1.807, 2.05) is 0 Å². The number of unbranched alkanes of at least 4 members (excludes halogenated alkanes) is 1. The highest BCUT2D eigenvalue weighted by Crippen LogP contribution is 2.08. The van der Waals surface area contributed by atoms with Crippen LogP contribution in [0.4, 0.5) is 0 Å². The molecule has 0 aliphatic carbocycles. The van der Waals surface area contributed by atoms with E-state index in [1.54, 1.807) is 0 Å². The molecule has 2 heteroatoms. The van der Waals surface area contributed by atoms with E-state index < -0.39 is 0 Å². The quantitative estimate of drug-likeness (QED) is 0.669. The molecule has 1 rings (SSSR count). The molecule has 2 nitrogen and oxygen atoms in total. The van der Waals surface area contributed by atoms with Crippen molar-refractivity contribution in [2.75, 3.05) is 26.2 Å². The monoisotopic (exact) mass is 224 g/mol. The lowest BCUT2D eigenvalue weighted by molar-refractivity contribution is 0.269. The summed E-state index contributed by atoms with van der Waals surface area (Å²) in [6.07, 6.45) is 7.68. The van der Waals surface area contributed by atoms with Gasteiger partial charge in [-0.1, -0.05) is 25.0 Å². The summed E-state index contributed by atoms with van der Waals surface area (Å²) in [5.74, 6) is 0. The summed E-state index contributed by atoms with van der Waals surface area (Å²) in [5, 5.41) is 3.59. The molecule has 1 unspecified atom stereocenters. The fourth-order valence-electron chi connectivity index (χ4n) is 2.17. The highest BCUT2D eigenvalue weighted by atomic mass is 15.1. The Labute approximate surface area is 101 Å². The zero-order valence-electron chi connectivity index (χ0n) is 11.3. The van der Waals surface area contributed by atoms with Crippen LogP contribution in [0.2, 0.25) is 0 Å². The molecule has 0 radical (unpaired) electrons. The maximum Gasteiger partial charge on any atom is 0.0195 e. The lowest BCUT2D eigenvalue weighted by Crippen LogP contribution is -2.38. The van der Waals surface area contributed by atoms with E-state index in [2.05, 4.69) is 37.1 Å². The predicted octanol–water partition coefficient (Wildman–Crippen LogP) is 2.81. The second kappa shape index (κ2) is 7.86. The van der Waals surface area contributed by atoms with Gasteiger partial charge < -0.3 is 5.32 Å². The van der Waals surface area contributed by atoms with Crippen molar-refractivity contribution in [3.8, 4) is 0 Å². The first kappa shape index (κ1) is 13.7. The molecule has 0 spiro atoms. The van der Waals surface area contributed by atoms with Gasteiger partial charge in [0.1, 0.15) is 0 Å². The Bertz CT molecular complexity index is 201. The normalized spacial score (nSPS) is 20.4. The van der Waals surface area contributed by atoms with Crippen molar-refractivity contribution in [3.63, 3.8) is 0 Å². The largest absolute Gasteiger partial charge is 0.313 e. The molecule has 1 fully saturated rings. The van der Waals surface area contributed by atoms with Crippen molar-refractivity contribution >= 4 is 0 Å². The highest BCUT2D eigenvalue weighted by Gasteiger charge is 2.16. The van der Waals surface area contributed by atoms with Gasteiger partial charge in [0.25, 0.3) is 0 Å². The third kappa shape index (κ3) is 5.66. The number of nitrogens with zero attached hydrogens (tertiary/aromatic N) is 1. The Hall–Kier alpha value is -0.340. The minimum Gasteiger partial charge on any atom is -0.313 e. The zero-order chi connectivity index (χ0) is 11.8. The van der Waals surface area contributed by atoms with Crippen LogP contribution in [-0.4, -0.2) is 37.1 Å². The third-order valence-corrected chi connectivity index (χ3v) is 3.23. The summed E-state index contributed by atoms with van der Waals surface area (Å²) < 4.78 is 0. The van der Waals surface area contributed by atoms with Gasteiger partial charge in [0.05, 0.1) is 0 Å². The van der Waals surface area contributed by atoms with Crippen molar-refractivity contribution in [1.82, 2.24) is 10.2 Å². The van der Waals surface area contributed by atoms with Gasteiger partial charge in [-0.15, -0.1) is 0 Å². The molecule has 0 aromatic rings. The van der Waals surface area contributed by atoms with Gasteiger partial charge in [-0.2, -0.15) is 0 Å². The van der Waals surface area contributed by atoms with E-state index in [0.717, 1.165) is 12.6 Å². The summed E-state index contributed by atoms with van der Waals surface area (Å²) in [7, 11) is 0. The minimum absolute atomic E-state index is 0.738. The molecule has 1 N–H and O–H groups in total. The molecule has 0 bridgehead atoms. The molecule has 1 aliphatic heterocycles. The van der Waals surface area contributed by atoms with Crippen LogP contribution in [0.25, 0.3) is 0 Å². The van der Waals surface area contributed by atoms with Gasteiger partial charge in [-0.25, -0.2) is 0 Å². The predicted molar refractivity (Wildman–Crippen MR) is 71.8 cm³/mol. The Morgan fingerprint density at radius 2 is 2.25 bits per heavy atom. The first-order chi connectivity index (χ1) is 7.72. The van der Waals surface area contributed by atoms with Crippen LogP contribution in [0.1, 0.15) is 46.5 Å². The molecular formula is C14H28N2. The average Bonchev–Trinajstić information content (AvgIpc) is 2.74. The van der Waals surface area contributed by atoms with Gasteiger partial charge in [0, 0.05) is 19.1 Å². The summed E-state index contributed by atoms with van der Waals surface area (Å²) in [6, 6.07) is 0.738. The van der Waals surface area contributed by atoms with Gasteiger partial charge in [-0.05, 0) is 46.2 Å². The van der Waals surface area contributed by atoms with E-state index in [9.17, 15) is 0 Å². The smallest absolute Gasteiger partial charge is 0.0195 e. The van der Waals surface area contributed by atoms with Crippen molar-refractivity contribution in [2.45, 2.75) is 52.5 Å². The molecule has 1 atom stereocenters. The lowest BCUT2D eigenvalue weighted by Gasteiger charge is -2.24. The van der Waals surface area contributed by atoms with Crippen molar-refractivity contribution in [1.29, 1.82) is 0 Å². The van der Waals surface area contributed by atoms with E-state index in [1.165, 1.54) is 50.9 Å². The average molecular weight is 224 g/mol. The zero-order valence-corrected chi connectivity index (χ0v) is 11.3. The number of hydrogen-bond donors (Lipinski definition) is 1. The van der Waals surface area contributed by atoms with Crippen LogP contribution in [0.3, 0.4) is 0 Å². The summed E-state index contributed by atoms with van der Waals surface area (Å²) >= 11 is 0. The Balaban J connectivity index is 2.32. The molecule has 16 heavy (non-hydrogen) atoms. The van der Waals surface area contributed by atoms with Gasteiger partial charge in [0.2, 0.25) is 0 Å². The summed E-state index contributed by atoms with van der Waals surface area (Å²) in [6.45, 7) is 11.5. The van der Waals surface area contributed by atoms with Crippen LogP contribution in [0, 0.1) is 0 Å². The van der Waals surface area contributed by atoms with E-state index in [0.29, 0.717) is 0 Å². The van der Waals surface area contributed by atoms with Gasteiger partial charge >= 0.3 is 0 Å². The van der Waals surface area contributed by atoms with Crippen LogP contribution in [0.15, 0.2) is 11.6 Å². The molecule has 0 aromatic carbocycles. The second-order valence-corrected chi connectivity index (χ2v) is 5.19.